The van der Waals surface area contributed by atoms with Crippen molar-refractivity contribution in [2.24, 2.45) is 0 Å². The van der Waals surface area contributed by atoms with Crippen LogP contribution in [0.2, 0.25) is 0 Å². The molecule has 4 rings (SSSR count). The maximum Gasteiger partial charge on any atom is 0.271 e. The lowest BCUT2D eigenvalue weighted by Crippen LogP contribution is -2.41. The van der Waals surface area contributed by atoms with Crippen LogP contribution >= 0.6 is 0 Å². The minimum Gasteiger partial charge on any atom is -0.493 e. The predicted octanol–water partition coefficient (Wildman–Crippen LogP) is 3.27. The zero-order valence-electron chi connectivity index (χ0n) is 16.2. The van der Waals surface area contributed by atoms with Gasteiger partial charge in [0, 0.05) is 12.0 Å². The Labute approximate surface area is 160 Å². The van der Waals surface area contributed by atoms with E-state index in [1.165, 1.54) is 11.4 Å². The summed E-state index contributed by atoms with van der Waals surface area (Å²) in [6, 6.07) is 14.2. The molecule has 2 aromatic carbocycles. The maximum atomic E-state index is 11.8. The fourth-order valence-electron chi connectivity index (χ4n) is 4.19. The minimum absolute atomic E-state index is 0.501. The fourth-order valence-corrected chi connectivity index (χ4v) is 4.19. The zero-order valence-corrected chi connectivity index (χ0v) is 16.2. The summed E-state index contributed by atoms with van der Waals surface area (Å²) in [6.45, 7) is 3.44. The SMILES string of the molecule is COc1ccc(C2(O)CN(c3ccc(C)cc3)C3=[N+]2CCCC3)cc1OC. The second kappa shape index (κ2) is 6.89. The first-order valence-corrected chi connectivity index (χ1v) is 9.49. The van der Waals surface area contributed by atoms with Gasteiger partial charge in [0.1, 0.15) is 5.69 Å². The summed E-state index contributed by atoms with van der Waals surface area (Å²) in [6.07, 6.45) is 3.21. The molecular formula is C22H27N2O3+. The number of hydrogen-bond acceptors (Lipinski definition) is 4. The first-order chi connectivity index (χ1) is 13.1. The molecule has 0 bridgehead atoms. The molecule has 5 nitrogen and oxygen atoms in total. The standard InChI is InChI=1S/C22H27N2O3/c1-16-7-10-18(11-8-16)23-15-22(25,24-13-5-4-6-21(23)24)17-9-12-19(26-2)20(14-17)27-3/h7-12,14,25H,4-6,13,15H2,1-3H3/q+1. The van der Waals surface area contributed by atoms with Gasteiger partial charge in [-0.2, -0.15) is 0 Å². The topological polar surface area (TPSA) is 44.9 Å². The van der Waals surface area contributed by atoms with Gasteiger partial charge < -0.3 is 14.6 Å². The molecule has 2 heterocycles. The van der Waals surface area contributed by atoms with Gasteiger partial charge in [0.25, 0.3) is 11.6 Å². The van der Waals surface area contributed by atoms with Crippen LogP contribution in [-0.4, -0.2) is 42.8 Å². The highest BCUT2D eigenvalue weighted by Crippen LogP contribution is 2.38. The molecule has 27 heavy (non-hydrogen) atoms. The Morgan fingerprint density at radius 2 is 1.74 bits per heavy atom. The van der Waals surface area contributed by atoms with Crippen molar-refractivity contribution in [1.29, 1.82) is 0 Å². The van der Waals surface area contributed by atoms with E-state index in [0.717, 1.165) is 37.1 Å². The number of methoxy groups -OCH3 is 2. The Hall–Kier alpha value is -2.53. The van der Waals surface area contributed by atoms with Gasteiger partial charge in [-0.3, -0.25) is 0 Å². The van der Waals surface area contributed by atoms with Gasteiger partial charge in [0.05, 0.1) is 20.8 Å². The van der Waals surface area contributed by atoms with Gasteiger partial charge in [0.15, 0.2) is 18.0 Å². The Bertz CT molecular complexity index is 876. The second-order valence-corrected chi connectivity index (χ2v) is 7.33. The van der Waals surface area contributed by atoms with E-state index in [1.54, 1.807) is 14.2 Å². The third-order valence-corrected chi connectivity index (χ3v) is 5.67. The molecule has 0 fully saturated rings. The number of β-amino-alcohol motifs (C(OH)–C–C–N with tert-alkyl or cyclic N) is 1. The summed E-state index contributed by atoms with van der Waals surface area (Å²) in [7, 11) is 3.24. The first-order valence-electron chi connectivity index (χ1n) is 9.49. The van der Waals surface area contributed by atoms with Crippen LogP contribution in [0.15, 0.2) is 42.5 Å². The Morgan fingerprint density at radius 3 is 2.44 bits per heavy atom. The molecule has 0 spiro atoms. The molecule has 0 aromatic heterocycles. The lowest BCUT2D eigenvalue weighted by atomic mass is 10.0. The van der Waals surface area contributed by atoms with E-state index in [9.17, 15) is 5.11 Å². The van der Waals surface area contributed by atoms with Crippen molar-refractivity contribution in [2.75, 3.05) is 32.2 Å². The van der Waals surface area contributed by atoms with Crippen LogP contribution in [0.1, 0.15) is 30.4 Å². The van der Waals surface area contributed by atoms with Crippen molar-refractivity contribution in [3.63, 3.8) is 0 Å². The molecule has 1 N–H and O–H groups in total. The van der Waals surface area contributed by atoms with E-state index < -0.39 is 5.72 Å². The van der Waals surface area contributed by atoms with Crippen molar-refractivity contribution in [3.05, 3.63) is 53.6 Å². The van der Waals surface area contributed by atoms with Crippen LogP contribution in [0.5, 0.6) is 11.5 Å². The number of amidine groups is 1. The van der Waals surface area contributed by atoms with Gasteiger partial charge in [-0.1, -0.05) is 17.7 Å². The zero-order chi connectivity index (χ0) is 19.0. The lowest BCUT2D eigenvalue weighted by molar-refractivity contribution is -0.661. The average molecular weight is 367 g/mol. The fraction of sp³-hybridized carbons (Fsp3) is 0.409. The van der Waals surface area contributed by atoms with Crippen LogP contribution < -0.4 is 14.4 Å². The maximum absolute atomic E-state index is 11.8. The molecular weight excluding hydrogens is 340 g/mol. The minimum atomic E-state index is -1.08. The van der Waals surface area contributed by atoms with Crippen molar-refractivity contribution in [3.8, 4) is 11.5 Å². The van der Waals surface area contributed by atoms with Crippen molar-refractivity contribution in [1.82, 2.24) is 0 Å². The second-order valence-electron chi connectivity index (χ2n) is 7.33. The van der Waals surface area contributed by atoms with E-state index >= 15 is 0 Å². The summed E-state index contributed by atoms with van der Waals surface area (Å²) in [4.78, 5) is 2.26. The number of benzene rings is 2. The predicted molar refractivity (Wildman–Crippen MR) is 106 cm³/mol. The molecule has 5 heteroatoms. The normalized spacial score (nSPS) is 22.0. The molecule has 1 atom stereocenters. The Balaban J connectivity index is 1.78. The molecule has 2 aromatic rings. The molecule has 1 unspecified atom stereocenters. The third-order valence-electron chi connectivity index (χ3n) is 5.67. The molecule has 0 saturated heterocycles. The van der Waals surface area contributed by atoms with Gasteiger partial charge in [-0.05, 0) is 50.1 Å². The largest absolute Gasteiger partial charge is 0.493 e. The molecule has 142 valence electrons. The van der Waals surface area contributed by atoms with Gasteiger partial charge in [-0.25, -0.2) is 9.48 Å². The van der Waals surface area contributed by atoms with E-state index in [4.69, 9.17) is 9.47 Å². The molecule has 0 amide bonds. The Morgan fingerprint density at radius 1 is 1.00 bits per heavy atom. The average Bonchev–Trinajstić information content (AvgIpc) is 3.02. The number of hydrogen-bond donors (Lipinski definition) is 1. The van der Waals surface area contributed by atoms with Crippen molar-refractivity contribution < 1.29 is 19.2 Å². The molecule has 2 aliphatic heterocycles. The van der Waals surface area contributed by atoms with Gasteiger partial charge in [-0.15, -0.1) is 0 Å². The van der Waals surface area contributed by atoms with Gasteiger partial charge in [0.2, 0.25) is 0 Å². The summed E-state index contributed by atoms with van der Waals surface area (Å²) in [5, 5.41) is 11.8. The molecule has 0 aliphatic carbocycles. The Kier molecular flexibility index (Phi) is 4.56. The first kappa shape index (κ1) is 17.9. The monoisotopic (exact) mass is 367 g/mol. The molecule has 2 aliphatic rings. The van der Waals surface area contributed by atoms with Crippen LogP contribution in [0.4, 0.5) is 5.69 Å². The smallest absolute Gasteiger partial charge is 0.271 e. The van der Waals surface area contributed by atoms with Gasteiger partial charge >= 0.3 is 0 Å². The van der Waals surface area contributed by atoms with E-state index in [2.05, 4.69) is 40.7 Å². The van der Waals surface area contributed by atoms with Crippen LogP contribution in [-0.2, 0) is 5.72 Å². The highest BCUT2D eigenvalue weighted by molar-refractivity contribution is 5.96. The summed E-state index contributed by atoms with van der Waals surface area (Å²) < 4.78 is 13.0. The van der Waals surface area contributed by atoms with Crippen LogP contribution in [0.3, 0.4) is 0 Å². The quantitative estimate of drug-likeness (QED) is 0.843. The highest BCUT2D eigenvalue weighted by Gasteiger charge is 2.52. The van der Waals surface area contributed by atoms with E-state index in [1.807, 2.05) is 18.2 Å². The number of anilines is 1. The molecule has 0 saturated carbocycles. The lowest BCUT2D eigenvalue weighted by Gasteiger charge is -2.25. The number of rotatable bonds is 4. The van der Waals surface area contributed by atoms with Crippen LogP contribution in [0.25, 0.3) is 0 Å². The van der Waals surface area contributed by atoms with Crippen LogP contribution in [0, 0.1) is 6.92 Å². The number of aliphatic hydroxyl groups is 1. The number of ether oxygens (including phenoxy) is 2. The van der Waals surface area contributed by atoms with E-state index in [-0.39, 0.29) is 0 Å². The summed E-state index contributed by atoms with van der Waals surface area (Å²) in [5.74, 6) is 2.50. The number of nitrogens with zero attached hydrogens (tertiary/aromatic N) is 2. The molecule has 0 radical (unpaired) electrons. The number of aryl methyl sites for hydroxylation is 1. The third kappa shape index (κ3) is 2.96. The summed E-state index contributed by atoms with van der Waals surface area (Å²) in [5.41, 5.74) is 2.10. The van der Waals surface area contributed by atoms with Crippen molar-refractivity contribution in [2.45, 2.75) is 31.9 Å². The summed E-state index contributed by atoms with van der Waals surface area (Å²) >= 11 is 0. The van der Waals surface area contributed by atoms with Crippen molar-refractivity contribution >= 4 is 11.5 Å². The highest BCUT2D eigenvalue weighted by atomic mass is 16.5. The van der Waals surface area contributed by atoms with E-state index in [0.29, 0.717) is 18.0 Å².